The largest absolute Gasteiger partial charge is 0.543 e. The zero-order valence-corrected chi connectivity index (χ0v) is 8.69. The van der Waals surface area contributed by atoms with E-state index in [2.05, 4.69) is 0 Å². The molecule has 2 rings (SSSR count). The molecule has 0 radical (unpaired) electrons. The topological polar surface area (TPSA) is 118 Å². The highest BCUT2D eigenvalue weighted by Crippen LogP contribution is 2.12. The van der Waals surface area contributed by atoms with Crippen molar-refractivity contribution in [3.8, 4) is 0 Å². The molecule has 8 heteroatoms. The second-order valence-electron chi connectivity index (χ2n) is 3.76. The van der Waals surface area contributed by atoms with Crippen LogP contribution in [-0.2, 0) is 14.4 Å². The molecule has 90 valence electrons. The van der Waals surface area contributed by atoms with Crippen molar-refractivity contribution >= 4 is 29.5 Å². The zero-order chi connectivity index (χ0) is 12.6. The summed E-state index contributed by atoms with van der Waals surface area (Å²) in [5, 5.41) is 14.6. The molecule has 2 N–H and O–H groups in total. The number of amides is 4. The Morgan fingerprint density at radius 1 is 1.24 bits per heavy atom. The van der Waals surface area contributed by atoms with Gasteiger partial charge in [0.1, 0.15) is 12.5 Å². The van der Waals surface area contributed by atoms with Crippen molar-refractivity contribution in [3.63, 3.8) is 0 Å². The number of carboxylic acid groups (broad SMARTS) is 1. The van der Waals surface area contributed by atoms with E-state index in [1.165, 1.54) is 0 Å². The third-order valence-corrected chi connectivity index (χ3v) is 2.70. The summed E-state index contributed by atoms with van der Waals surface area (Å²) in [5.41, 5.74) is -0.351. The molecule has 0 bridgehead atoms. The van der Waals surface area contributed by atoms with Crippen LogP contribution in [0, 0.1) is 0 Å². The average Bonchev–Trinajstić information content (AvgIpc) is 2.64. The molecule has 4 amide bonds. The first kappa shape index (κ1) is 11.2. The number of urea groups is 1. The summed E-state index contributed by atoms with van der Waals surface area (Å²) in [5.74, 6) is -3.11. The van der Waals surface area contributed by atoms with Crippen molar-refractivity contribution in [1.82, 2.24) is 10.6 Å². The van der Waals surface area contributed by atoms with Crippen molar-refractivity contribution in [2.24, 2.45) is 0 Å². The van der Waals surface area contributed by atoms with Crippen LogP contribution in [0.1, 0.15) is 12.8 Å². The maximum absolute atomic E-state index is 11.5. The molecule has 0 aromatic carbocycles. The van der Waals surface area contributed by atoms with Gasteiger partial charge in [-0.25, -0.2) is 9.37 Å². The summed E-state index contributed by atoms with van der Waals surface area (Å²) < 4.78 is 1.16. The number of rotatable bonds is 1. The van der Waals surface area contributed by atoms with Crippen LogP contribution in [0.4, 0.5) is 4.79 Å². The lowest BCUT2D eigenvalue weighted by molar-refractivity contribution is -0.541. The Morgan fingerprint density at radius 3 is 2.35 bits per heavy atom. The fourth-order valence-electron chi connectivity index (χ4n) is 2.00. The molecule has 0 aliphatic carbocycles. The second-order valence-corrected chi connectivity index (χ2v) is 3.76. The summed E-state index contributed by atoms with van der Waals surface area (Å²) in [6.45, 7) is 0.267. The minimum Gasteiger partial charge on any atom is -0.543 e. The SMILES string of the molecule is O=C1NC(=O)C(=[N+]2CCC[C@H]2C(=O)[O-])C(=O)N1. The van der Waals surface area contributed by atoms with Crippen molar-refractivity contribution in [1.29, 1.82) is 0 Å². The molecule has 0 spiro atoms. The van der Waals surface area contributed by atoms with Crippen molar-refractivity contribution < 1.29 is 28.9 Å². The molecular weight excluding hydrogens is 230 g/mol. The number of imide groups is 2. The molecule has 2 aliphatic heterocycles. The lowest BCUT2D eigenvalue weighted by atomic mass is 10.2. The van der Waals surface area contributed by atoms with Crippen LogP contribution >= 0.6 is 0 Å². The Kier molecular flexibility index (Phi) is 2.62. The number of carbonyl (C=O) groups is 4. The molecule has 17 heavy (non-hydrogen) atoms. The first-order valence-corrected chi connectivity index (χ1v) is 5.02. The zero-order valence-electron chi connectivity index (χ0n) is 8.69. The third kappa shape index (κ3) is 1.88. The maximum Gasteiger partial charge on any atom is 0.332 e. The van der Waals surface area contributed by atoms with E-state index < -0.39 is 29.9 Å². The van der Waals surface area contributed by atoms with Gasteiger partial charge in [-0.15, -0.1) is 0 Å². The molecule has 2 heterocycles. The molecular formula is C9H9N3O5. The summed E-state index contributed by atoms with van der Waals surface area (Å²) >= 11 is 0. The number of carboxylic acids is 1. The Labute approximate surface area is 95.3 Å². The molecule has 2 saturated heterocycles. The van der Waals surface area contributed by atoms with Gasteiger partial charge in [-0.2, -0.15) is 0 Å². The minimum atomic E-state index is -1.34. The first-order chi connectivity index (χ1) is 8.00. The standard InChI is InChI=1S/C9H9N3O5/c13-6-5(7(14)11-9(17)10-6)12-3-1-2-4(12)8(15)16/h4H,1-3H2,(H2-,10,11,13,14,15,16,17)/t4-/m0/s1. The Balaban J connectivity index is 2.42. The van der Waals surface area contributed by atoms with E-state index in [0.717, 1.165) is 4.58 Å². The highest BCUT2D eigenvalue weighted by atomic mass is 16.4. The first-order valence-electron chi connectivity index (χ1n) is 5.02. The number of barbiturate groups is 1. The number of nitrogens with zero attached hydrogens (tertiary/aromatic N) is 1. The van der Waals surface area contributed by atoms with Gasteiger partial charge in [-0.3, -0.25) is 20.2 Å². The number of carbonyl (C=O) groups excluding carboxylic acids is 4. The van der Waals surface area contributed by atoms with Crippen LogP contribution in [0.15, 0.2) is 0 Å². The number of aliphatic carboxylic acids is 1. The normalized spacial score (nSPS) is 24.7. The minimum absolute atomic E-state index is 0.267. The van der Waals surface area contributed by atoms with Crippen LogP contribution in [-0.4, -0.2) is 46.7 Å². The predicted octanol–water partition coefficient (Wildman–Crippen LogP) is -3.28. The predicted molar refractivity (Wildman–Crippen MR) is 49.8 cm³/mol. The molecule has 1 atom stereocenters. The molecule has 8 nitrogen and oxygen atoms in total. The van der Waals surface area contributed by atoms with Gasteiger partial charge in [0.25, 0.3) is 0 Å². The van der Waals surface area contributed by atoms with Crippen LogP contribution < -0.4 is 15.7 Å². The van der Waals surface area contributed by atoms with Gasteiger partial charge in [0.2, 0.25) is 0 Å². The van der Waals surface area contributed by atoms with Crippen molar-refractivity contribution in [3.05, 3.63) is 0 Å². The summed E-state index contributed by atoms with van der Waals surface area (Å²) in [6.07, 6.45) is 0.844. The smallest absolute Gasteiger partial charge is 0.332 e. The van der Waals surface area contributed by atoms with Gasteiger partial charge >= 0.3 is 23.6 Å². The fourth-order valence-corrected chi connectivity index (χ4v) is 2.00. The maximum atomic E-state index is 11.5. The number of hydrogen-bond acceptors (Lipinski definition) is 5. The fraction of sp³-hybridized carbons (Fsp3) is 0.444. The van der Waals surface area contributed by atoms with Crippen LogP contribution in [0.5, 0.6) is 0 Å². The molecule has 0 aromatic rings. The monoisotopic (exact) mass is 239 g/mol. The second kappa shape index (κ2) is 3.96. The Morgan fingerprint density at radius 2 is 1.82 bits per heavy atom. The van der Waals surface area contributed by atoms with E-state index >= 15 is 0 Å². The molecule has 0 saturated carbocycles. The average molecular weight is 239 g/mol. The molecule has 2 aliphatic rings. The van der Waals surface area contributed by atoms with E-state index in [9.17, 15) is 24.3 Å². The highest BCUT2D eigenvalue weighted by molar-refractivity contribution is 6.67. The van der Waals surface area contributed by atoms with E-state index in [4.69, 9.17) is 0 Å². The van der Waals surface area contributed by atoms with Crippen LogP contribution in [0.3, 0.4) is 0 Å². The third-order valence-electron chi connectivity index (χ3n) is 2.70. The quantitative estimate of drug-likeness (QED) is 0.465. The lowest BCUT2D eigenvalue weighted by Crippen LogP contribution is -2.60. The van der Waals surface area contributed by atoms with Crippen molar-refractivity contribution in [2.45, 2.75) is 18.9 Å². The summed E-state index contributed by atoms with van der Waals surface area (Å²) in [4.78, 5) is 44.6. The van der Waals surface area contributed by atoms with Gasteiger partial charge in [0.15, 0.2) is 6.04 Å². The lowest BCUT2D eigenvalue weighted by Gasteiger charge is -2.15. The van der Waals surface area contributed by atoms with Crippen LogP contribution in [0.25, 0.3) is 0 Å². The molecule has 2 fully saturated rings. The van der Waals surface area contributed by atoms with E-state index in [1.807, 2.05) is 10.6 Å². The van der Waals surface area contributed by atoms with Gasteiger partial charge in [0.05, 0.1) is 0 Å². The van der Waals surface area contributed by atoms with E-state index in [-0.39, 0.29) is 12.3 Å². The van der Waals surface area contributed by atoms with Gasteiger partial charge in [-0.1, -0.05) is 0 Å². The summed E-state index contributed by atoms with van der Waals surface area (Å²) in [6, 6.07) is -1.91. The van der Waals surface area contributed by atoms with Crippen LogP contribution in [0.2, 0.25) is 0 Å². The van der Waals surface area contributed by atoms with Gasteiger partial charge < -0.3 is 9.90 Å². The van der Waals surface area contributed by atoms with Gasteiger partial charge in [-0.05, 0) is 0 Å². The Bertz CT molecular complexity index is 445. The summed E-state index contributed by atoms with van der Waals surface area (Å²) in [7, 11) is 0. The van der Waals surface area contributed by atoms with Crippen molar-refractivity contribution in [2.75, 3.05) is 6.54 Å². The molecule has 0 aromatic heterocycles. The molecule has 0 unspecified atom stereocenters. The van der Waals surface area contributed by atoms with E-state index in [1.54, 1.807) is 0 Å². The van der Waals surface area contributed by atoms with E-state index in [0.29, 0.717) is 12.8 Å². The number of hydrogen-bond donors (Lipinski definition) is 2. The number of nitrogens with one attached hydrogen (secondary N) is 2. The Hall–Kier alpha value is -2.25. The highest BCUT2D eigenvalue weighted by Gasteiger charge is 2.42. The van der Waals surface area contributed by atoms with Gasteiger partial charge in [0, 0.05) is 12.8 Å².